The summed E-state index contributed by atoms with van der Waals surface area (Å²) in [5, 5.41) is 8.34. The van der Waals surface area contributed by atoms with Gasteiger partial charge in [0.15, 0.2) is 0 Å². The monoisotopic (exact) mass is 433 g/mol. The fraction of sp³-hybridized carbons (Fsp3) is 0.300. The van der Waals surface area contributed by atoms with Crippen LogP contribution in [0.2, 0.25) is 0 Å². The number of rotatable bonds is 8. The first kappa shape index (κ1) is 22.9. The van der Waals surface area contributed by atoms with Gasteiger partial charge >= 0.3 is 11.9 Å². The molecule has 1 aromatic heterocycles. The quantitative estimate of drug-likeness (QED) is 0.547. The van der Waals surface area contributed by atoms with E-state index in [1.54, 1.807) is 38.1 Å². The Morgan fingerprint density at radius 2 is 1.73 bits per heavy atom. The van der Waals surface area contributed by atoms with Gasteiger partial charge in [0, 0.05) is 12.7 Å². The van der Waals surface area contributed by atoms with Crippen molar-refractivity contribution in [1.82, 2.24) is 5.32 Å². The molecule has 160 valence electrons. The van der Waals surface area contributed by atoms with Gasteiger partial charge in [0.05, 0.1) is 36.3 Å². The maximum Gasteiger partial charge on any atom is 0.341 e. The Bertz CT molecular complexity index is 952. The number of nitrogens with one attached hydrogen (secondary N) is 3. The van der Waals surface area contributed by atoms with Crippen LogP contribution in [0, 0.1) is 6.92 Å². The molecule has 2 amide bonds. The van der Waals surface area contributed by atoms with E-state index in [-0.39, 0.29) is 29.6 Å². The topological polar surface area (TPSA) is 123 Å². The minimum Gasteiger partial charge on any atom is -0.465 e. The summed E-state index contributed by atoms with van der Waals surface area (Å²) in [6.45, 7) is 3.38. The first-order chi connectivity index (χ1) is 14.3. The van der Waals surface area contributed by atoms with Crippen molar-refractivity contribution in [2.45, 2.75) is 13.8 Å². The van der Waals surface area contributed by atoms with E-state index in [0.717, 1.165) is 11.3 Å². The van der Waals surface area contributed by atoms with E-state index in [1.165, 1.54) is 14.2 Å². The lowest BCUT2D eigenvalue weighted by molar-refractivity contribution is -0.114. The molecule has 2 aromatic rings. The highest BCUT2D eigenvalue weighted by Gasteiger charge is 2.26. The van der Waals surface area contributed by atoms with Gasteiger partial charge < -0.3 is 25.4 Å². The summed E-state index contributed by atoms with van der Waals surface area (Å²) in [7, 11) is 2.78. The van der Waals surface area contributed by atoms with Gasteiger partial charge in [-0.3, -0.25) is 9.59 Å². The highest BCUT2D eigenvalue weighted by molar-refractivity contribution is 7.18. The molecule has 0 fully saturated rings. The molecule has 2 rings (SSSR count). The van der Waals surface area contributed by atoms with Crippen molar-refractivity contribution in [3.8, 4) is 0 Å². The van der Waals surface area contributed by atoms with Crippen LogP contribution in [0.1, 0.15) is 42.9 Å². The van der Waals surface area contributed by atoms with Gasteiger partial charge in [0.25, 0.3) is 5.91 Å². The van der Waals surface area contributed by atoms with Crippen molar-refractivity contribution in [3.63, 3.8) is 0 Å². The lowest BCUT2D eigenvalue weighted by Crippen LogP contribution is -2.22. The summed E-state index contributed by atoms with van der Waals surface area (Å²) in [6, 6.07) is 6.43. The Hall–Kier alpha value is -3.40. The van der Waals surface area contributed by atoms with Gasteiger partial charge in [-0.1, -0.05) is 0 Å². The third-order valence-corrected chi connectivity index (χ3v) is 5.28. The summed E-state index contributed by atoms with van der Waals surface area (Å²) in [5.74, 6) is -1.83. The standard InChI is InChI=1S/C20H23N3O6S/c1-5-29-20(27)15-11(2)16(17(25)21-3)30-18(15)23-14(24)10-22-13-8-6-12(7-9-13)19(26)28-4/h6-9,22H,5,10H2,1-4H3,(H,21,25)(H,23,24). The van der Waals surface area contributed by atoms with E-state index < -0.39 is 17.8 Å². The second-order valence-corrected chi connectivity index (χ2v) is 7.05. The summed E-state index contributed by atoms with van der Waals surface area (Å²) in [6.07, 6.45) is 0. The number of hydrogen-bond acceptors (Lipinski definition) is 8. The van der Waals surface area contributed by atoms with Crippen LogP contribution in [0.25, 0.3) is 0 Å². The lowest BCUT2D eigenvalue weighted by atomic mass is 10.1. The molecule has 0 aliphatic rings. The van der Waals surface area contributed by atoms with E-state index in [2.05, 4.69) is 20.7 Å². The van der Waals surface area contributed by atoms with E-state index >= 15 is 0 Å². The molecule has 0 saturated carbocycles. The molecule has 0 aliphatic heterocycles. The molecule has 10 heteroatoms. The van der Waals surface area contributed by atoms with Gasteiger partial charge in [0.1, 0.15) is 5.00 Å². The molecule has 0 unspecified atom stereocenters. The summed E-state index contributed by atoms with van der Waals surface area (Å²) >= 11 is 1.01. The Kier molecular flexibility index (Phi) is 7.93. The Morgan fingerprint density at radius 1 is 1.07 bits per heavy atom. The third kappa shape index (κ3) is 5.35. The Labute approximate surface area is 177 Å². The number of methoxy groups -OCH3 is 1. The number of thiophene rings is 1. The van der Waals surface area contributed by atoms with Gasteiger partial charge in [-0.25, -0.2) is 9.59 Å². The van der Waals surface area contributed by atoms with Gasteiger partial charge in [-0.05, 0) is 43.7 Å². The third-order valence-electron chi connectivity index (χ3n) is 4.07. The molecule has 9 nitrogen and oxygen atoms in total. The van der Waals surface area contributed by atoms with Gasteiger partial charge in [-0.2, -0.15) is 0 Å². The second-order valence-electron chi connectivity index (χ2n) is 6.03. The fourth-order valence-electron chi connectivity index (χ4n) is 2.58. The van der Waals surface area contributed by atoms with E-state index in [1.807, 2.05) is 0 Å². The van der Waals surface area contributed by atoms with Crippen LogP contribution in [0.5, 0.6) is 0 Å². The molecule has 30 heavy (non-hydrogen) atoms. The molecule has 1 aromatic carbocycles. The van der Waals surface area contributed by atoms with Crippen LogP contribution >= 0.6 is 11.3 Å². The zero-order valence-electron chi connectivity index (χ0n) is 17.1. The molecule has 0 spiro atoms. The number of esters is 2. The predicted octanol–water partition coefficient (Wildman–Crippen LogP) is 2.43. The number of carbonyl (C=O) groups excluding carboxylic acids is 4. The minimum absolute atomic E-state index is 0.0912. The maximum absolute atomic E-state index is 12.4. The minimum atomic E-state index is -0.608. The summed E-state index contributed by atoms with van der Waals surface area (Å²) in [4.78, 5) is 48.6. The number of carbonyl (C=O) groups is 4. The van der Waals surface area contributed by atoms with Crippen molar-refractivity contribution in [2.75, 3.05) is 37.9 Å². The van der Waals surface area contributed by atoms with Crippen molar-refractivity contribution in [1.29, 1.82) is 0 Å². The number of anilines is 2. The molecular weight excluding hydrogens is 410 g/mol. The van der Waals surface area contributed by atoms with Crippen LogP contribution in [0.15, 0.2) is 24.3 Å². The largest absolute Gasteiger partial charge is 0.465 e. The zero-order chi connectivity index (χ0) is 22.3. The van der Waals surface area contributed by atoms with E-state index in [4.69, 9.17) is 4.74 Å². The average molecular weight is 433 g/mol. The highest BCUT2D eigenvalue weighted by Crippen LogP contribution is 2.33. The van der Waals surface area contributed by atoms with Gasteiger partial charge in [0.2, 0.25) is 5.91 Å². The Morgan fingerprint density at radius 3 is 2.30 bits per heavy atom. The molecule has 0 atom stereocenters. The SMILES string of the molecule is CCOC(=O)c1c(NC(=O)CNc2ccc(C(=O)OC)cc2)sc(C(=O)NC)c1C. The highest BCUT2D eigenvalue weighted by atomic mass is 32.1. The molecule has 3 N–H and O–H groups in total. The number of ether oxygens (including phenoxy) is 2. The van der Waals surface area contributed by atoms with Crippen LogP contribution < -0.4 is 16.0 Å². The molecule has 0 bridgehead atoms. The number of benzene rings is 1. The smallest absolute Gasteiger partial charge is 0.341 e. The van der Waals surface area contributed by atoms with Crippen molar-refractivity contribution < 1.29 is 28.7 Å². The Balaban J connectivity index is 2.12. The molecule has 0 saturated heterocycles. The summed E-state index contributed by atoms with van der Waals surface area (Å²) < 4.78 is 9.69. The van der Waals surface area contributed by atoms with Crippen LogP contribution in [0.3, 0.4) is 0 Å². The number of amides is 2. The first-order valence-electron chi connectivity index (χ1n) is 9.07. The molecule has 0 aliphatic carbocycles. The zero-order valence-corrected chi connectivity index (χ0v) is 17.9. The van der Waals surface area contributed by atoms with Crippen LogP contribution in [-0.4, -0.2) is 51.1 Å². The predicted molar refractivity (Wildman–Crippen MR) is 113 cm³/mol. The van der Waals surface area contributed by atoms with E-state index in [0.29, 0.717) is 21.7 Å². The summed E-state index contributed by atoms with van der Waals surface area (Å²) in [5.41, 5.74) is 1.62. The normalized spacial score (nSPS) is 10.1. The number of hydrogen-bond donors (Lipinski definition) is 3. The van der Waals surface area contributed by atoms with Crippen molar-refractivity contribution >= 4 is 45.8 Å². The maximum atomic E-state index is 12.4. The van der Waals surface area contributed by atoms with Crippen molar-refractivity contribution in [3.05, 3.63) is 45.8 Å². The first-order valence-corrected chi connectivity index (χ1v) is 9.88. The van der Waals surface area contributed by atoms with Crippen LogP contribution in [0.4, 0.5) is 10.7 Å². The van der Waals surface area contributed by atoms with E-state index in [9.17, 15) is 19.2 Å². The average Bonchev–Trinajstić information content (AvgIpc) is 3.07. The lowest BCUT2D eigenvalue weighted by Gasteiger charge is -2.09. The second kappa shape index (κ2) is 10.4. The van der Waals surface area contributed by atoms with Crippen molar-refractivity contribution in [2.24, 2.45) is 0 Å². The van der Waals surface area contributed by atoms with Gasteiger partial charge in [-0.15, -0.1) is 11.3 Å². The van der Waals surface area contributed by atoms with Crippen LogP contribution in [-0.2, 0) is 14.3 Å². The molecule has 0 radical (unpaired) electrons. The molecule has 1 heterocycles. The molecular formula is C20H23N3O6S. The fourth-order valence-corrected chi connectivity index (χ4v) is 3.73.